The first kappa shape index (κ1) is 18.4. The fourth-order valence-corrected chi connectivity index (χ4v) is 3.76. The summed E-state index contributed by atoms with van der Waals surface area (Å²) in [6.07, 6.45) is 2.93. The summed E-state index contributed by atoms with van der Waals surface area (Å²) in [6, 6.07) is -0.0355. The van der Waals surface area contributed by atoms with Crippen molar-refractivity contribution in [2.45, 2.75) is 31.6 Å². The van der Waals surface area contributed by atoms with E-state index < -0.39 is 6.17 Å². The lowest BCUT2D eigenvalue weighted by molar-refractivity contribution is -0.0847. The van der Waals surface area contributed by atoms with Crippen molar-refractivity contribution in [2.24, 2.45) is 0 Å². The molecule has 0 spiro atoms. The molecule has 2 aromatic rings. The minimum atomic E-state index is -1.03. The van der Waals surface area contributed by atoms with Crippen LogP contribution in [0.3, 0.4) is 0 Å². The molecule has 2 N–H and O–H groups in total. The zero-order valence-electron chi connectivity index (χ0n) is 15.3. The number of nitrogens with zero attached hydrogens (tertiary/aromatic N) is 5. The Hall–Kier alpha value is -1.97. The van der Waals surface area contributed by atoms with E-state index in [1.807, 2.05) is 6.92 Å². The third-order valence-corrected chi connectivity index (χ3v) is 5.56. The molecule has 0 saturated carbocycles. The van der Waals surface area contributed by atoms with E-state index in [1.165, 1.54) is 0 Å². The summed E-state index contributed by atoms with van der Waals surface area (Å²) in [7, 11) is 1.80. The molecule has 2 fully saturated rings. The van der Waals surface area contributed by atoms with Gasteiger partial charge in [0.2, 0.25) is 5.95 Å². The van der Waals surface area contributed by atoms with Gasteiger partial charge in [-0.05, 0) is 13.3 Å². The quantitative estimate of drug-likeness (QED) is 0.804. The predicted molar refractivity (Wildman–Crippen MR) is 102 cm³/mol. The van der Waals surface area contributed by atoms with Crippen LogP contribution in [0, 0.1) is 6.92 Å². The van der Waals surface area contributed by atoms with Gasteiger partial charge in [0.15, 0.2) is 5.15 Å². The Morgan fingerprint density at radius 2 is 2.15 bits per heavy atom. The second-order valence-electron chi connectivity index (χ2n) is 6.95. The molecule has 2 aliphatic heterocycles. The molecule has 2 atom stereocenters. The van der Waals surface area contributed by atoms with Crippen molar-refractivity contribution in [1.82, 2.24) is 24.6 Å². The maximum absolute atomic E-state index is 14.8. The topological polar surface area (TPSA) is 80.1 Å². The number of alkyl halides is 1. The van der Waals surface area contributed by atoms with Crippen molar-refractivity contribution < 1.29 is 9.13 Å². The van der Waals surface area contributed by atoms with Gasteiger partial charge < -0.3 is 15.4 Å². The molecule has 4 heterocycles. The van der Waals surface area contributed by atoms with Crippen molar-refractivity contribution in [2.75, 3.05) is 44.0 Å². The maximum Gasteiger partial charge on any atom is 0.229 e. The fourth-order valence-electron chi connectivity index (χ4n) is 3.50. The zero-order valence-corrected chi connectivity index (χ0v) is 16.1. The van der Waals surface area contributed by atoms with E-state index in [4.69, 9.17) is 16.3 Å². The highest BCUT2D eigenvalue weighted by Gasteiger charge is 2.37. The molecule has 0 aromatic carbocycles. The molecule has 0 aliphatic carbocycles. The summed E-state index contributed by atoms with van der Waals surface area (Å²) >= 11 is 6.48. The number of likely N-dealkylation sites (tertiary alicyclic amines) is 1. The standard InChI is InChI=1S/C17H23ClFN7O/c1-10-5-21-17(24-16(10)20-2)23-13-6-22-26(15(13)18)14-3-4-25(7-12(14)19)11-8-27-9-11/h5-6,11-12,14H,3-4,7-9H2,1-2H3,(H2,20,21,23,24)/t12-,14?/m0/s1. The van der Waals surface area contributed by atoms with Gasteiger partial charge in [-0.3, -0.25) is 4.90 Å². The van der Waals surface area contributed by atoms with E-state index in [-0.39, 0.29) is 6.04 Å². The molecule has 27 heavy (non-hydrogen) atoms. The van der Waals surface area contributed by atoms with E-state index >= 15 is 0 Å². The molecule has 0 bridgehead atoms. The monoisotopic (exact) mass is 395 g/mol. The molecule has 10 heteroatoms. The second kappa shape index (κ2) is 7.57. The smallest absolute Gasteiger partial charge is 0.229 e. The van der Waals surface area contributed by atoms with Crippen LogP contribution in [0.5, 0.6) is 0 Å². The van der Waals surface area contributed by atoms with Crippen LogP contribution in [0.25, 0.3) is 0 Å². The average molecular weight is 396 g/mol. The van der Waals surface area contributed by atoms with Crippen LogP contribution >= 0.6 is 11.6 Å². The predicted octanol–water partition coefficient (Wildman–Crippen LogP) is 2.40. The van der Waals surface area contributed by atoms with Gasteiger partial charge in [-0.25, -0.2) is 14.1 Å². The van der Waals surface area contributed by atoms with Crippen LogP contribution in [0.15, 0.2) is 12.4 Å². The summed E-state index contributed by atoms with van der Waals surface area (Å²) < 4.78 is 21.6. The Balaban J connectivity index is 1.47. The molecule has 146 valence electrons. The SMILES string of the molecule is CNc1nc(Nc2cnn(C3CCN(C4COC4)C[C@@H]3F)c2Cl)ncc1C. The zero-order chi connectivity index (χ0) is 19.0. The van der Waals surface area contributed by atoms with Gasteiger partial charge >= 0.3 is 0 Å². The number of halogens is 2. The number of rotatable bonds is 5. The minimum absolute atomic E-state index is 0.342. The average Bonchev–Trinajstić information content (AvgIpc) is 2.96. The number of piperidine rings is 1. The first-order chi connectivity index (χ1) is 13.1. The van der Waals surface area contributed by atoms with Crippen molar-refractivity contribution in [1.29, 1.82) is 0 Å². The number of aromatic nitrogens is 4. The summed E-state index contributed by atoms with van der Waals surface area (Å²) in [5.41, 5.74) is 1.50. The van der Waals surface area contributed by atoms with E-state index in [9.17, 15) is 4.39 Å². The highest BCUT2D eigenvalue weighted by atomic mass is 35.5. The lowest BCUT2D eigenvalue weighted by Crippen LogP contribution is -2.55. The van der Waals surface area contributed by atoms with Gasteiger partial charge in [-0.1, -0.05) is 11.6 Å². The Kier molecular flexibility index (Phi) is 5.16. The molecule has 0 radical (unpaired) electrons. The lowest BCUT2D eigenvalue weighted by Gasteiger charge is -2.42. The minimum Gasteiger partial charge on any atom is -0.378 e. The van der Waals surface area contributed by atoms with Crippen LogP contribution in [0.1, 0.15) is 18.0 Å². The molecular formula is C17H23ClFN7O. The molecule has 1 unspecified atom stereocenters. The molecule has 4 rings (SSSR count). The van der Waals surface area contributed by atoms with Crippen molar-refractivity contribution in [3.63, 3.8) is 0 Å². The third-order valence-electron chi connectivity index (χ3n) is 5.18. The van der Waals surface area contributed by atoms with E-state index in [1.54, 1.807) is 24.1 Å². The van der Waals surface area contributed by atoms with Crippen molar-refractivity contribution >= 4 is 29.1 Å². The summed E-state index contributed by atoms with van der Waals surface area (Å²) in [5.74, 6) is 1.13. The van der Waals surface area contributed by atoms with Gasteiger partial charge in [0.1, 0.15) is 12.0 Å². The number of aryl methyl sites for hydroxylation is 1. The van der Waals surface area contributed by atoms with E-state index in [0.717, 1.165) is 17.9 Å². The van der Waals surface area contributed by atoms with Crippen LogP contribution < -0.4 is 10.6 Å². The second-order valence-corrected chi connectivity index (χ2v) is 7.31. The highest BCUT2D eigenvalue weighted by Crippen LogP contribution is 2.33. The Bertz CT molecular complexity index is 813. The van der Waals surface area contributed by atoms with Gasteiger partial charge in [0.25, 0.3) is 0 Å². The van der Waals surface area contributed by atoms with Crippen LogP contribution in [0.4, 0.5) is 21.8 Å². The largest absolute Gasteiger partial charge is 0.378 e. The van der Waals surface area contributed by atoms with Gasteiger partial charge in [0, 0.05) is 31.9 Å². The summed E-state index contributed by atoms with van der Waals surface area (Å²) in [4.78, 5) is 10.8. The van der Waals surface area contributed by atoms with Crippen LogP contribution in [-0.2, 0) is 4.74 Å². The van der Waals surface area contributed by atoms with E-state index in [0.29, 0.717) is 49.0 Å². The van der Waals surface area contributed by atoms with E-state index in [2.05, 4.69) is 30.6 Å². The first-order valence-corrected chi connectivity index (χ1v) is 9.42. The number of hydrogen-bond donors (Lipinski definition) is 2. The lowest BCUT2D eigenvalue weighted by atomic mass is 10.0. The highest BCUT2D eigenvalue weighted by molar-refractivity contribution is 6.32. The Morgan fingerprint density at radius 3 is 2.81 bits per heavy atom. The van der Waals surface area contributed by atoms with Crippen molar-refractivity contribution in [3.8, 4) is 0 Å². The number of hydrogen-bond acceptors (Lipinski definition) is 7. The van der Waals surface area contributed by atoms with Crippen LogP contribution in [0.2, 0.25) is 5.15 Å². The number of ether oxygens (including phenoxy) is 1. The maximum atomic E-state index is 14.8. The molecule has 0 amide bonds. The molecule has 2 aromatic heterocycles. The summed E-state index contributed by atoms with van der Waals surface area (Å²) in [6.45, 7) is 4.50. The van der Waals surface area contributed by atoms with Gasteiger partial charge in [0.05, 0.1) is 37.2 Å². The fraction of sp³-hybridized carbons (Fsp3) is 0.588. The number of anilines is 3. The first-order valence-electron chi connectivity index (χ1n) is 9.04. The molecule has 2 aliphatic rings. The molecule has 2 saturated heterocycles. The number of nitrogens with one attached hydrogen (secondary N) is 2. The Morgan fingerprint density at radius 1 is 1.33 bits per heavy atom. The third kappa shape index (κ3) is 3.59. The van der Waals surface area contributed by atoms with Crippen molar-refractivity contribution in [3.05, 3.63) is 23.1 Å². The molecule has 8 nitrogen and oxygen atoms in total. The van der Waals surface area contributed by atoms with Gasteiger partial charge in [-0.2, -0.15) is 10.1 Å². The summed E-state index contributed by atoms with van der Waals surface area (Å²) in [5, 5.41) is 10.8. The molecular weight excluding hydrogens is 373 g/mol. The normalized spacial score (nSPS) is 23.9. The van der Waals surface area contributed by atoms with Gasteiger partial charge in [-0.15, -0.1) is 0 Å². The Labute approximate surface area is 162 Å². The van der Waals surface area contributed by atoms with Crippen LogP contribution in [-0.4, -0.2) is 70.2 Å².